The highest BCUT2D eigenvalue weighted by Crippen LogP contribution is 2.49. The molecule has 2 aliphatic carbocycles. The van der Waals surface area contributed by atoms with Gasteiger partial charge in [0.25, 0.3) is 0 Å². The molecule has 2 amide bonds. The third-order valence-corrected chi connectivity index (χ3v) is 7.95. The highest BCUT2D eigenvalue weighted by molar-refractivity contribution is 5.87. The van der Waals surface area contributed by atoms with Crippen LogP contribution < -0.4 is 5.32 Å². The molecule has 7 nitrogen and oxygen atoms in total. The predicted octanol–water partition coefficient (Wildman–Crippen LogP) is 4.02. The van der Waals surface area contributed by atoms with Gasteiger partial charge >= 0.3 is 12.1 Å². The van der Waals surface area contributed by atoms with E-state index in [4.69, 9.17) is 4.74 Å². The fraction of sp³-hybridized carbons (Fsp3) is 0.444. The summed E-state index contributed by atoms with van der Waals surface area (Å²) in [6.45, 7) is 2.66. The van der Waals surface area contributed by atoms with Crippen LogP contribution in [0.2, 0.25) is 0 Å². The average Bonchev–Trinajstić information content (AvgIpc) is 3.51. The molecule has 1 saturated heterocycles. The number of aliphatic carboxylic acids is 1. The molecule has 2 aromatic carbocycles. The minimum absolute atomic E-state index is 0.0130. The number of nitrogens with one attached hydrogen (secondary N) is 1. The number of ether oxygens (including phenoxy) is 1. The van der Waals surface area contributed by atoms with Gasteiger partial charge in [0.15, 0.2) is 0 Å². The van der Waals surface area contributed by atoms with Gasteiger partial charge < -0.3 is 20.1 Å². The lowest BCUT2D eigenvalue weighted by Crippen LogP contribution is -2.48. The largest absolute Gasteiger partial charge is 0.481 e. The van der Waals surface area contributed by atoms with Gasteiger partial charge in [-0.2, -0.15) is 0 Å². The SMILES string of the molecule is CCC(NC(=O)OCC1c2ccccc2-c2ccccc21)C(=O)N1CC2CCCC2(C(=O)O)C1. The third-order valence-electron chi connectivity index (χ3n) is 7.95. The van der Waals surface area contributed by atoms with E-state index in [2.05, 4.69) is 29.6 Å². The van der Waals surface area contributed by atoms with Gasteiger partial charge in [0.05, 0.1) is 5.41 Å². The molecule has 1 heterocycles. The van der Waals surface area contributed by atoms with Crippen LogP contribution in [0.1, 0.15) is 49.7 Å². The fourth-order valence-electron chi connectivity index (χ4n) is 6.15. The predicted molar refractivity (Wildman–Crippen MR) is 126 cm³/mol. The summed E-state index contributed by atoms with van der Waals surface area (Å²) >= 11 is 0. The number of carboxylic acid groups (broad SMARTS) is 1. The number of likely N-dealkylation sites (tertiary alicyclic amines) is 1. The van der Waals surface area contributed by atoms with Crippen LogP contribution in [0, 0.1) is 11.3 Å². The average molecular weight is 463 g/mol. The van der Waals surface area contributed by atoms with Gasteiger partial charge in [-0.05, 0) is 47.4 Å². The maximum atomic E-state index is 13.2. The van der Waals surface area contributed by atoms with E-state index < -0.39 is 23.5 Å². The van der Waals surface area contributed by atoms with Crippen molar-refractivity contribution >= 4 is 18.0 Å². The highest BCUT2D eigenvalue weighted by atomic mass is 16.5. The van der Waals surface area contributed by atoms with Crippen molar-refractivity contribution in [1.29, 1.82) is 0 Å². The number of nitrogens with zero attached hydrogens (tertiary/aromatic N) is 1. The van der Waals surface area contributed by atoms with Gasteiger partial charge in [-0.25, -0.2) is 4.79 Å². The molecule has 0 bridgehead atoms. The Kier molecular flexibility index (Phi) is 5.80. The number of benzene rings is 2. The van der Waals surface area contributed by atoms with Gasteiger partial charge in [0, 0.05) is 19.0 Å². The van der Waals surface area contributed by atoms with Crippen LogP contribution in [0.15, 0.2) is 48.5 Å². The molecule has 0 radical (unpaired) electrons. The van der Waals surface area contributed by atoms with E-state index in [1.165, 1.54) is 0 Å². The van der Waals surface area contributed by atoms with Crippen molar-refractivity contribution in [1.82, 2.24) is 10.2 Å². The van der Waals surface area contributed by atoms with Crippen LogP contribution in [-0.4, -0.2) is 53.7 Å². The summed E-state index contributed by atoms with van der Waals surface area (Å²) in [6.07, 6.45) is 2.09. The molecule has 34 heavy (non-hydrogen) atoms. The van der Waals surface area contributed by atoms with E-state index in [0.29, 0.717) is 19.4 Å². The Morgan fingerprint density at radius 2 is 1.76 bits per heavy atom. The van der Waals surface area contributed by atoms with E-state index in [1.54, 1.807) is 4.90 Å². The minimum Gasteiger partial charge on any atom is -0.481 e. The number of carbonyl (C=O) groups is 3. The summed E-state index contributed by atoms with van der Waals surface area (Å²) in [7, 11) is 0. The zero-order chi connectivity index (χ0) is 23.9. The molecule has 1 aliphatic heterocycles. The molecule has 2 N–H and O–H groups in total. The molecule has 0 aromatic heterocycles. The van der Waals surface area contributed by atoms with Crippen LogP contribution >= 0.6 is 0 Å². The number of hydrogen-bond donors (Lipinski definition) is 2. The molecule has 7 heteroatoms. The van der Waals surface area contributed by atoms with Crippen molar-refractivity contribution in [2.24, 2.45) is 11.3 Å². The van der Waals surface area contributed by atoms with Crippen molar-refractivity contribution < 1.29 is 24.2 Å². The minimum atomic E-state index is -0.836. The van der Waals surface area contributed by atoms with E-state index in [-0.39, 0.29) is 30.9 Å². The summed E-state index contributed by atoms with van der Waals surface area (Å²) in [4.78, 5) is 39.4. The lowest BCUT2D eigenvalue weighted by atomic mass is 9.81. The number of alkyl carbamates (subject to hydrolysis) is 1. The Balaban J connectivity index is 1.22. The Morgan fingerprint density at radius 3 is 2.35 bits per heavy atom. The molecular formula is C27H30N2O5. The number of rotatable bonds is 6. The summed E-state index contributed by atoms with van der Waals surface area (Å²) < 4.78 is 5.60. The lowest BCUT2D eigenvalue weighted by Gasteiger charge is -2.26. The van der Waals surface area contributed by atoms with Gasteiger partial charge in [-0.3, -0.25) is 9.59 Å². The molecule has 3 unspecified atom stereocenters. The van der Waals surface area contributed by atoms with Crippen molar-refractivity contribution in [3.05, 3.63) is 59.7 Å². The fourth-order valence-corrected chi connectivity index (χ4v) is 6.15. The summed E-state index contributed by atoms with van der Waals surface area (Å²) in [5, 5.41) is 12.5. The van der Waals surface area contributed by atoms with Crippen LogP contribution in [0.25, 0.3) is 11.1 Å². The lowest BCUT2D eigenvalue weighted by molar-refractivity contribution is -0.149. The topological polar surface area (TPSA) is 95.9 Å². The van der Waals surface area contributed by atoms with Crippen molar-refractivity contribution in [3.8, 4) is 11.1 Å². The second-order valence-corrected chi connectivity index (χ2v) is 9.70. The summed E-state index contributed by atoms with van der Waals surface area (Å²) in [5.74, 6) is -1.11. The maximum absolute atomic E-state index is 13.2. The van der Waals surface area contributed by atoms with Gasteiger partial charge in [-0.1, -0.05) is 61.9 Å². The molecule has 178 valence electrons. The first-order chi connectivity index (χ1) is 16.4. The molecule has 3 atom stereocenters. The number of hydrogen-bond acceptors (Lipinski definition) is 4. The Bertz CT molecular complexity index is 1090. The number of carboxylic acids is 1. The highest BCUT2D eigenvalue weighted by Gasteiger charge is 2.56. The Labute approximate surface area is 199 Å². The number of fused-ring (bicyclic) bond motifs is 4. The normalized spacial score (nSPS) is 23.7. The monoisotopic (exact) mass is 462 g/mol. The third kappa shape index (κ3) is 3.63. The van der Waals surface area contributed by atoms with Crippen molar-refractivity contribution in [2.75, 3.05) is 19.7 Å². The molecule has 3 aliphatic rings. The Hall–Kier alpha value is -3.35. The van der Waals surface area contributed by atoms with E-state index in [1.807, 2.05) is 31.2 Å². The maximum Gasteiger partial charge on any atom is 0.407 e. The number of carbonyl (C=O) groups excluding carboxylic acids is 2. The molecule has 2 aromatic rings. The molecule has 5 rings (SSSR count). The zero-order valence-corrected chi connectivity index (χ0v) is 19.3. The van der Waals surface area contributed by atoms with Crippen LogP contribution in [0.4, 0.5) is 4.79 Å². The summed E-state index contributed by atoms with van der Waals surface area (Å²) in [6, 6.07) is 15.5. The van der Waals surface area contributed by atoms with Gasteiger partial charge in [0.2, 0.25) is 5.91 Å². The molecule has 0 spiro atoms. The van der Waals surface area contributed by atoms with Gasteiger partial charge in [-0.15, -0.1) is 0 Å². The molecule has 1 saturated carbocycles. The second-order valence-electron chi connectivity index (χ2n) is 9.70. The molecule has 2 fully saturated rings. The standard InChI is InChI=1S/C27H30N2O5/c1-2-23(24(30)29-14-17-8-7-13-27(17,16-29)25(31)32)28-26(33)34-15-22-20-11-5-3-9-18(20)19-10-4-6-12-21(19)22/h3-6,9-12,17,22-23H,2,7-8,13-16H2,1H3,(H,28,33)(H,31,32). The van der Waals surface area contributed by atoms with E-state index >= 15 is 0 Å². The van der Waals surface area contributed by atoms with Gasteiger partial charge in [0.1, 0.15) is 12.6 Å². The van der Waals surface area contributed by atoms with Crippen LogP contribution in [-0.2, 0) is 14.3 Å². The first-order valence-electron chi connectivity index (χ1n) is 12.1. The first kappa shape index (κ1) is 22.4. The van der Waals surface area contributed by atoms with Crippen molar-refractivity contribution in [2.45, 2.75) is 44.6 Å². The van der Waals surface area contributed by atoms with Crippen LogP contribution in [0.3, 0.4) is 0 Å². The molecular weight excluding hydrogens is 432 g/mol. The van der Waals surface area contributed by atoms with Crippen LogP contribution in [0.5, 0.6) is 0 Å². The number of amides is 2. The Morgan fingerprint density at radius 1 is 1.12 bits per heavy atom. The summed E-state index contributed by atoms with van der Waals surface area (Å²) in [5.41, 5.74) is 3.73. The zero-order valence-electron chi connectivity index (χ0n) is 19.3. The smallest absolute Gasteiger partial charge is 0.407 e. The second kappa shape index (κ2) is 8.78. The van der Waals surface area contributed by atoms with E-state index in [0.717, 1.165) is 35.1 Å². The quantitative estimate of drug-likeness (QED) is 0.676. The van der Waals surface area contributed by atoms with Crippen molar-refractivity contribution in [3.63, 3.8) is 0 Å². The van der Waals surface area contributed by atoms with E-state index in [9.17, 15) is 19.5 Å². The first-order valence-corrected chi connectivity index (χ1v) is 12.1.